The van der Waals surface area contributed by atoms with Gasteiger partial charge in [0.1, 0.15) is 12.4 Å². The minimum absolute atomic E-state index is 0.0563. The Hall–Kier alpha value is -3.13. The number of fused-ring (bicyclic) bond motifs is 1. The van der Waals surface area contributed by atoms with Crippen LogP contribution in [0.4, 0.5) is 5.69 Å². The van der Waals surface area contributed by atoms with E-state index >= 15 is 0 Å². The van der Waals surface area contributed by atoms with Gasteiger partial charge in [-0.25, -0.2) is 0 Å². The predicted molar refractivity (Wildman–Crippen MR) is 109 cm³/mol. The lowest BCUT2D eigenvalue weighted by atomic mass is 10.1. The number of hydrogen-bond donors (Lipinski definition) is 2. The summed E-state index contributed by atoms with van der Waals surface area (Å²) in [5.74, 6) is 0.476. The molecule has 8 nitrogen and oxygen atoms in total. The van der Waals surface area contributed by atoms with Gasteiger partial charge in [0.2, 0.25) is 5.91 Å². The Kier molecular flexibility index (Phi) is 7.02. The average molecular weight is 398 g/mol. The van der Waals surface area contributed by atoms with Gasteiger partial charge in [0, 0.05) is 45.2 Å². The molecular formula is C21H26N4O4. The van der Waals surface area contributed by atoms with E-state index in [4.69, 9.17) is 9.47 Å². The van der Waals surface area contributed by atoms with E-state index in [-0.39, 0.29) is 17.9 Å². The second kappa shape index (κ2) is 9.88. The zero-order valence-corrected chi connectivity index (χ0v) is 16.7. The first-order valence-electron chi connectivity index (χ1n) is 9.51. The summed E-state index contributed by atoms with van der Waals surface area (Å²) in [7, 11) is 3.50. The number of pyridine rings is 1. The van der Waals surface area contributed by atoms with Crippen molar-refractivity contribution in [2.24, 2.45) is 0 Å². The van der Waals surface area contributed by atoms with Gasteiger partial charge in [-0.15, -0.1) is 0 Å². The number of hydrogen-bond acceptors (Lipinski definition) is 6. The van der Waals surface area contributed by atoms with Crippen LogP contribution in [0, 0.1) is 0 Å². The molecule has 0 spiro atoms. The predicted octanol–water partition coefficient (Wildman–Crippen LogP) is 1.36. The molecule has 0 fully saturated rings. The van der Waals surface area contributed by atoms with Crippen molar-refractivity contribution >= 4 is 17.5 Å². The number of rotatable bonds is 8. The van der Waals surface area contributed by atoms with Crippen LogP contribution in [0.15, 0.2) is 42.7 Å². The van der Waals surface area contributed by atoms with Crippen LogP contribution < -0.4 is 20.3 Å². The molecule has 8 heteroatoms. The van der Waals surface area contributed by atoms with Crippen LogP contribution in [0.2, 0.25) is 0 Å². The summed E-state index contributed by atoms with van der Waals surface area (Å²) in [6, 6.07) is 8.93. The van der Waals surface area contributed by atoms with Crippen molar-refractivity contribution < 1.29 is 19.1 Å². The highest BCUT2D eigenvalue weighted by atomic mass is 16.5. The number of methoxy groups -OCH3 is 1. The number of amides is 2. The summed E-state index contributed by atoms with van der Waals surface area (Å²) >= 11 is 0. The van der Waals surface area contributed by atoms with Gasteiger partial charge in [-0.2, -0.15) is 0 Å². The Bertz CT molecular complexity index is 844. The number of likely N-dealkylation sites (N-methyl/N-ethyl adjacent to an activating group) is 1. The quantitative estimate of drug-likeness (QED) is 0.653. The maximum Gasteiger partial charge on any atom is 0.251 e. The Balaban J connectivity index is 1.60. The topological polar surface area (TPSA) is 92.8 Å². The summed E-state index contributed by atoms with van der Waals surface area (Å²) in [6.07, 6.45) is 3.69. The lowest BCUT2D eigenvalue weighted by Crippen LogP contribution is -2.43. The first-order chi connectivity index (χ1) is 14.1. The second-order valence-electron chi connectivity index (χ2n) is 6.84. The van der Waals surface area contributed by atoms with E-state index in [0.717, 1.165) is 11.3 Å². The summed E-state index contributed by atoms with van der Waals surface area (Å²) < 4.78 is 10.8. The second-order valence-corrected chi connectivity index (χ2v) is 6.84. The minimum Gasteiger partial charge on any atom is -0.489 e. The van der Waals surface area contributed by atoms with Gasteiger partial charge in [-0.05, 0) is 35.9 Å². The van der Waals surface area contributed by atoms with Crippen molar-refractivity contribution in [2.75, 3.05) is 38.8 Å². The van der Waals surface area contributed by atoms with Crippen molar-refractivity contribution in [3.63, 3.8) is 0 Å². The molecule has 1 unspecified atom stereocenters. The van der Waals surface area contributed by atoms with E-state index in [0.29, 0.717) is 44.0 Å². The number of carbonyl (C=O) groups is 2. The van der Waals surface area contributed by atoms with Crippen molar-refractivity contribution in [3.05, 3.63) is 53.9 Å². The SMILES string of the molecule is COCCNC(=O)c1ccc2c(c1)N(C)C(CC(=O)NCc1ccncc1)CO2. The number of anilines is 1. The van der Waals surface area contributed by atoms with E-state index in [1.54, 1.807) is 37.7 Å². The maximum atomic E-state index is 12.4. The summed E-state index contributed by atoms with van der Waals surface area (Å²) in [4.78, 5) is 30.6. The Morgan fingerprint density at radius 1 is 1.24 bits per heavy atom. The number of aromatic nitrogens is 1. The largest absolute Gasteiger partial charge is 0.489 e. The third-order valence-electron chi connectivity index (χ3n) is 4.83. The summed E-state index contributed by atoms with van der Waals surface area (Å²) in [6.45, 7) is 1.77. The van der Waals surface area contributed by atoms with E-state index in [2.05, 4.69) is 15.6 Å². The fourth-order valence-corrected chi connectivity index (χ4v) is 3.10. The van der Waals surface area contributed by atoms with E-state index < -0.39 is 0 Å². The molecule has 2 aromatic rings. The van der Waals surface area contributed by atoms with Gasteiger partial charge in [0.15, 0.2) is 0 Å². The van der Waals surface area contributed by atoms with Gasteiger partial charge < -0.3 is 25.0 Å². The molecule has 154 valence electrons. The van der Waals surface area contributed by atoms with Crippen LogP contribution in [0.5, 0.6) is 5.75 Å². The lowest BCUT2D eigenvalue weighted by Gasteiger charge is -2.35. The fourth-order valence-electron chi connectivity index (χ4n) is 3.10. The molecule has 2 amide bonds. The average Bonchev–Trinajstić information content (AvgIpc) is 2.75. The zero-order valence-electron chi connectivity index (χ0n) is 16.7. The molecule has 1 aliphatic heterocycles. The summed E-state index contributed by atoms with van der Waals surface area (Å²) in [5.41, 5.74) is 2.33. The number of carbonyl (C=O) groups excluding carboxylic acids is 2. The molecule has 0 saturated heterocycles. The van der Waals surface area contributed by atoms with Crippen LogP contribution in [0.1, 0.15) is 22.3 Å². The van der Waals surface area contributed by atoms with Crippen LogP contribution in [-0.4, -0.2) is 56.8 Å². The van der Waals surface area contributed by atoms with Crippen molar-refractivity contribution in [3.8, 4) is 5.75 Å². The van der Waals surface area contributed by atoms with Crippen LogP contribution in [0.25, 0.3) is 0 Å². The molecule has 29 heavy (non-hydrogen) atoms. The molecule has 1 aromatic heterocycles. The van der Waals surface area contributed by atoms with Crippen LogP contribution in [-0.2, 0) is 16.1 Å². The van der Waals surface area contributed by atoms with Crippen molar-refractivity contribution in [1.82, 2.24) is 15.6 Å². The normalized spacial score (nSPS) is 15.2. The molecule has 0 radical (unpaired) electrons. The van der Waals surface area contributed by atoms with Crippen molar-refractivity contribution in [2.45, 2.75) is 19.0 Å². The molecule has 2 heterocycles. The number of nitrogens with one attached hydrogen (secondary N) is 2. The Morgan fingerprint density at radius 3 is 2.79 bits per heavy atom. The fraction of sp³-hybridized carbons (Fsp3) is 0.381. The van der Waals surface area contributed by atoms with Gasteiger partial charge in [-0.1, -0.05) is 0 Å². The van der Waals surface area contributed by atoms with Gasteiger partial charge in [0.25, 0.3) is 5.91 Å². The highest BCUT2D eigenvalue weighted by Gasteiger charge is 2.27. The minimum atomic E-state index is -0.171. The molecule has 0 bridgehead atoms. The molecular weight excluding hydrogens is 372 g/mol. The monoisotopic (exact) mass is 398 g/mol. The Morgan fingerprint density at radius 2 is 2.03 bits per heavy atom. The third kappa shape index (κ3) is 5.45. The van der Waals surface area contributed by atoms with Gasteiger partial charge in [0.05, 0.1) is 24.8 Å². The number of ether oxygens (including phenoxy) is 2. The number of nitrogens with zero attached hydrogens (tertiary/aromatic N) is 2. The van der Waals surface area contributed by atoms with E-state index in [1.165, 1.54) is 0 Å². The standard InChI is InChI=1S/C21H26N4O4/c1-25-17(12-20(26)24-13-15-5-7-22-8-6-15)14-29-19-4-3-16(11-18(19)25)21(27)23-9-10-28-2/h3-8,11,17H,9-10,12-14H2,1-2H3,(H,23,27)(H,24,26). The first kappa shape index (κ1) is 20.6. The highest BCUT2D eigenvalue weighted by Crippen LogP contribution is 2.34. The first-order valence-corrected chi connectivity index (χ1v) is 9.51. The Labute approximate surface area is 170 Å². The maximum absolute atomic E-state index is 12.4. The molecule has 3 rings (SSSR count). The summed E-state index contributed by atoms with van der Waals surface area (Å²) in [5, 5.41) is 5.73. The molecule has 0 aliphatic carbocycles. The third-order valence-corrected chi connectivity index (χ3v) is 4.83. The molecule has 0 saturated carbocycles. The highest BCUT2D eigenvalue weighted by molar-refractivity contribution is 5.95. The van der Waals surface area contributed by atoms with Gasteiger partial charge in [-0.3, -0.25) is 14.6 Å². The molecule has 2 N–H and O–H groups in total. The smallest absolute Gasteiger partial charge is 0.251 e. The van der Waals surface area contributed by atoms with Crippen LogP contribution in [0.3, 0.4) is 0 Å². The van der Waals surface area contributed by atoms with Crippen LogP contribution >= 0.6 is 0 Å². The van der Waals surface area contributed by atoms with E-state index in [1.807, 2.05) is 24.1 Å². The van der Waals surface area contributed by atoms with Crippen molar-refractivity contribution in [1.29, 1.82) is 0 Å². The van der Waals surface area contributed by atoms with Gasteiger partial charge >= 0.3 is 0 Å². The zero-order chi connectivity index (χ0) is 20.6. The van der Waals surface area contributed by atoms with E-state index in [9.17, 15) is 9.59 Å². The molecule has 1 atom stereocenters. The molecule has 1 aromatic carbocycles. The molecule has 1 aliphatic rings. The lowest BCUT2D eigenvalue weighted by molar-refractivity contribution is -0.121. The number of benzene rings is 1.